The van der Waals surface area contributed by atoms with Gasteiger partial charge in [0.15, 0.2) is 0 Å². The van der Waals surface area contributed by atoms with Crippen LogP contribution in [0.5, 0.6) is 0 Å². The molecule has 21 heavy (non-hydrogen) atoms. The van der Waals surface area contributed by atoms with Crippen LogP contribution in [0.1, 0.15) is 10.9 Å². The fourth-order valence-corrected chi connectivity index (χ4v) is 4.71. The molecule has 1 aromatic heterocycles. The fraction of sp³-hybridized carbons (Fsp3) is 0.312. The van der Waals surface area contributed by atoms with Gasteiger partial charge in [0.25, 0.3) is 0 Å². The lowest BCUT2D eigenvalue weighted by molar-refractivity contribution is -0.145. The van der Waals surface area contributed by atoms with Gasteiger partial charge < -0.3 is 9.64 Å². The Bertz CT molecular complexity index is 586. The summed E-state index contributed by atoms with van der Waals surface area (Å²) in [5.41, 5.74) is 0. The molecule has 1 saturated heterocycles. The van der Waals surface area contributed by atoms with E-state index in [1.165, 1.54) is 4.88 Å². The summed E-state index contributed by atoms with van der Waals surface area (Å²) < 4.78 is 5.12. The van der Waals surface area contributed by atoms with E-state index in [-0.39, 0.29) is 17.2 Å². The van der Waals surface area contributed by atoms with Crippen LogP contribution in [0.25, 0.3) is 0 Å². The molecule has 3 nitrogen and oxygen atoms in total. The van der Waals surface area contributed by atoms with Gasteiger partial charge in [0.1, 0.15) is 5.25 Å². The Morgan fingerprint density at radius 3 is 2.71 bits per heavy atom. The zero-order valence-corrected chi connectivity index (χ0v) is 13.4. The molecule has 110 valence electrons. The van der Waals surface area contributed by atoms with Gasteiger partial charge in [0, 0.05) is 23.4 Å². The second-order valence-corrected chi connectivity index (χ2v) is 7.03. The number of ether oxygens (including phenoxy) is 1. The zero-order valence-electron chi connectivity index (χ0n) is 11.8. The summed E-state index contributed by atoms with van der Waals surface area (Å²) in [5, 5.41) is 2.04. The molecule has 5 heteroatoms. The largest absolute Gasteiger partial charge is 0.383 e. The molecule has 0 bridgehead atoms. The number of likely N-dealkylation sites (tertiary alicyclic amines) is 1. The van der Waals surface area contributed by atoms with Crippen LogP contribution >= 0.6 is 23.1 Å². The maximum atomic E-state index is 12.4. The van der Waals surface area contributed by atoms with Crippen LogP contribution in [0.4, 0.5) is 0 Å². The molecule has 0 aliphatic carbocycles. The van der Waals surface area contributed by atoms with Gasteiger partial charge in [-0.1, -0.05) is 24.3 Å². The summed E-state index contributed by atoms with van der Waals surface area (Å²) in [4.78, 5) is 16.7. The van der Waals surface area contributed by atoms with Crippen molar-refractivity contribution in [2.24, 2.45) is 0 Å². The highest BCUT2D eigenvalue weighted by Crippen LogP contribution is 2.45. The molecule has 1 aromatic carbocycles. The summed E-state index contributed by atoms with van der Waals surface area (Å²) >= 11 is 3.37. The average molecular weight is 319 g/mol. The topological polar surface area (TPSA) is 29.5 Å². The molecular formula is C16H17NO2S2. The van der Waals surface area contributed by atoms with Gasteiger partial charge in [0.05, 0.1) is 12.6 Å². The number of benzene rings is 1. The maximum absolute atomic E-state index is 12.4. The Morgan fingerprint density at radius 1 is 1.24 bits per heavy atom. The number of amides is 1. The van der Waals surface area contributed by atoms with E-state index in [0.29, 0.717) is 13.2 Å². The SMILES string of the molecule is COCCN1C(=O)C(Sc2ccccc2)C1c1cccs1. The quantitative estimate of drug-likeness (QED) is 0.764. The van der Waals surface area contributed by atoms with E-state index < -0.39 is 0 Å². The Kier molecular flexibility index (Phi) is 4.63. The second kappa shape index (κ2) is 6.64. The molecule has 2 aromatic rings. The summed E-state index contributed by atoms with van der Waals surface area (Å²) in [6.45, 7) is 1.24. The minimum atomic E-state index is -0.0251. The monoisotopic (exact) mass is 319 g/mol. The molecule has 2 heterocycles. The minimum absolute atomic E-state index is 0.0251. The number of carbonyl (C=O) groups excluding carboxylic acids is 1. The molecule has 0 radical (unpaired) electrons. The number of nitrogens with zero attached hydrogens (tertiary/aromatic N) is 1. The first-order valence-electron chi connectivity index (χ1n) is 6.86. The molecule has 3 rings (SSSR count). The number of carbonyl (C=O) groups is 1. The van der Waals surface area contributed by atoms with Gasteiger partial charge in [-0.25, -0.2) is 0 Å². The molecule has 0 saturated carbocycles. The molecule has 2 atom stereocenters. The van der Waals surface area contributed by atoms with Crippen LogP contribution in [-0.4, -0.2) is 36.3 Å². The standard InChI is InChI=1S/C16H17NO2S2/c1-19-10-9-17-14(13-8-5-11-20-13)15(16(17)18)21-12-6-3-2-4-7-12/h2-8,11,14-15H,9-10H2,1H3. The number of β-lactam (4-membered cyclic amide) rings is 1. The first-order chi connectivity index (χ1) is 10.3. The normalized spacial score (nSPS) is 21.4. The summed E-state index contributed by atoms with van der Waals surface area (Å²) in [7, 11) is 1.67. The minimum Gasteiger partial charge on any atom is -0.383 e. The van der Waals surface area contributed by atoms with E-state index in [2.05, 4.69) is 23.6 Å². The van der Waals surface area contributed by atoms with E-state index >= 15 is 0 Å². The van der Waals surface area contributed by atoms with Gasteiger partial charge in [-0.2, -0.15) is 0 Å². The third-order valence-electron chi connectivity index (χ3n) is 3.53. The van der Waals surface area contributed by atoms with E-state index in [9.17, 15) is 4.79 Å². The number of hydrogen-bond donors (Lipinski definition) is 0. The van der Waals surface area contributed by atoms with Crippen molar-refractivity contribution in [3.8, 4) is 0 Å². The molecule has 2 unspecified atom stereocenters. The van der Waals surface area contributed by atoms with Gasteiger partial charge in [-0.3, -0.25) is 4.79 Å². The van der Waals surface area contributed by atoms with Gasteiger partial charge in [-0.15, -0.1) is 23.1 Å². The Hall–Kier alpha value is -1.30. The van der Waals surface area contributed by atoms with Crippen molar-refractivity contribution >= 4 is 29.0 Å². The number of thiophene rings is 1. The number of thioether (sulfide) groups is 1. The van der Waals surface area contributed by atoms with Crippen LogP contribution < -0.4 is 0 Å². The van der Waals surface area contributed by atoms with E-state index in [4.69, 9.17) is 4.74 Å². The van der Waals surface area contributed by atoms with Crippen LogP contribution in [0.3, 0.4) is 0 Å². The van der Waals surface area contributed by atoms with Crippen molar-refractivity contribution in [1.29, 1.82) is 0 Å². The Labute approximate surface area is 132 Å². The molecule has 1 amide bonds. The third-order valence-corrected chi connectivity index (χ3v) is 5.73. The summed E-state index contributed by atoms with van der Waals surface area (Å²) in [6.07, 6.45) is 0. The Balaban J connectivity index is 1.77. The third kappa shape index (κ3) is 3.00. The lowest BCUT2D eigenvalue weighted by atomic mass is 9.99. The first kappa shape index (κ1) is 14.6. The van der Waals surface area contributed by atoms with E-state index in [0.717, 1.165) is 4.90 Å². The van der Waals surface area contributed by atoms with Gasteiger partial charge in [-0.05, 0) is 23.6 Å². The van der Waals surface area contributed by atoms with Gasteiger partial charge in [0.2, 0.25) is 5.91 Å². The van der Waals surface area contributed by atoms with Crippen LogP contribution in [0.2, 0.25) is 0 Å². The highest BCUT2D eigenvalue weighted by atomic mass is 32.2. The lowest BCUT2D eigenvalue weighted by Gasteiger charge is -2.46. The van der Waals surface area contributed by atoms with Crippen molar-refractivity contribution in [3.05, 3.63) is 52.7 Å². The molecule has 1 aliphatic heterocycles. The van der Waals surface area contributed by atoms with Crippen LogP contribution in [-0.2, 0) is 9.53 Å². The predicted octanol–water partition coefficient (Wildman–Crippen LogP) is 3.44. The highest BCUT2D eigenvalue weighted by Gasteiger charge is 2.48. The number of methoxy groups -OCH3 is 1. The predicted molar refractivity (Wildman–Crippen MR) is 86.7 cm³/mol. The number of rotatable bonds is 6. The lowest BCUT2D eigenvalue weighted by Crippen LogP contribution is -2.57. The summed E-state index contributed by atoms with van der Waals surface area (Å²) in [5.74, 6) is 0.208. The molecule has 0 N–H and O–H groups in total. The van der Waals surface area contributed by atoms with Crippen molar-refractivity contribution in [3.63, 3.8) is 0 Å². The van der Waals surface area contributed by atoms with Crippen LogP contribution in [0.15, 0.2) is 52.7 Å². The highest BCUT2D eigenvalue weighted by molar-refractivity contribution is 8.00. The smallest absolute Gasteiger partial charge is 0.239 e. The van der Waals surface area contributed by atoms with Crippen molar-refractivity contribution in [2.75, 3.05) is 20.3 Å². The van der Waals surface area contributed by atoms with E-state index in [1.807, 2.05) is 29.2 Å². The Morgan fingerprint density at radius 2 is 2.05 bits per heavy atom. The number of hydrogen-bond acceptors (Lipinski definition) is 4. The molecule has 1 fully saturated rings. The second-order valence-electron chi connectivity index (χ2n) is 4.84. The van der Waals surface area contributed by atoms with Crippen molar-refractivity contribution in [1.82, 2.24) is 4.90 Å². The summed E-state index contributed by atoms with van der Waals surface area (Å²) in [6, 6.07) is 14.4. The average Bonchev–Trinajstić information content (AvgIpc) is 3.03. The van der Waals surface area contributed by atoms with E-state index in [1.54, 1.807) is 30.2 Å². The van der Waals surface area contributed by atoms with Crippen molar-refractivity contribution in [2.45, 2.75) is 16.2 Å². The molecular weight excluding hydrogens is 302 g/mol. The molecule has 1 aliphatic rings. The maximum Gasteiger partial charge on any atom is 0.239 e. The zero-order chi connectivity index (χ0) is 14.7. The first-order valence-corrected chi connectivity index (χ1v) is 8.61. The fourth-order valence-electron chi connectivity index (χ4n) is 2.48. The van der Waals surface area contributed by atoms with Gasteiger partial charge >= 0.3 is 0 Å². The van der Waals surface area contributed by atoms with Crippen molar-refractivity contribution < 1.29 is 9.53 Å². The molecule has 0 spiro atoms. The van der Waals surface area contributed by atoms with Crippen LogP contribution in [0, 0.1) is 0 Å².